The third-order valence-electron chi connectivity index (χ3n) is 4.89. The predicted molar refractivity (Wildman–Crippen MR) is 93.2 cm³/mol. The molecule has 0 amide bonds. The summed E-state index contributed by atoms with van der Waals surface area (Å²) in [5.74, 6) is 1.45. The van der Waals surface area contributed by atoms with Crippen LogP contribution in [0.2, 0.25) is 0 Å². The minimum absolute atomic E-state index is 0.202. The van der Waals surface area contributed by atoms with E-state index in [0.717, 1.165) is 25.5 Å². The molecule has 1 aliphatic rings. The summed E-state index contributed by atoms with van der Waals surface area (Å²) in [6, 6.07) is 4.11. The van der Waals surface area contributed by atoms with Gasteiger partial charge in [0.2, 0.25) is 0 Å². The average molecular weight is 338 g/mol. The molecule has 0 aliphatic carbocycles. The van der Waals surface area contributed by atoms with Gasteiger partial charge in [-0.05, 0) is 17.2 Å². The minimum atomic E-state index is 0.202. The first-order valence-corrected chi connectivity index (χ1v) is 8.48. The Morgan fingerprint density at radius 1 is 1.24 bits per heavy atom. The van der Waals surface area contributed by atoms with Crippen LogP contribution >= 0.6 is 0 Å². The largest absolute Gasteiger partial charge is 0.396 e. The van der Waals surface area contributed by atoms with Gasteiger partial charge >= 0.3 is 0 Å². The Balaban J connectivity index is 1.44. The van der Waals surface area contributed by atoms with Gasteiger partial charge in [0, 0.05) is 69.9 Å². The van der Waals surface area contributed by atoms with Gasteiger partial charge in [-0.15, -0.1) is 0 Å². The van der Waals surface area contributed by atoms with Crippen LogP contribution in [0.4, 0.5) is 0 Å². The summed E-state index contributed by atoms with van der Waals surface area (Å²) in [6.45, 7) is 2.86. The number of imidazole rings is 1. The molecule has 1 saturated heterocycles. The van der Waals surface area contributed by atoms with Crippen molar-refractivity contribution in [2.24, 2.45) is 13.0 Å². The van der Waals surface area contributed by atoms with Crippen molar-refractivity contribution in [3.05, 3.63) is 60.6 Å². The highest BCUT2D eigenvalue weighted by atomic mass is 16.3. The van der Waals surface area contributed by atoms with E-state index < -0.39 is 0 Å². The molecule has 1 fully saturated rings. The topological polar surface area (TPSA) is 72.0 Å². The summed E-state index contributed by atoms with van der Waals surface area (Å²) < 4.78 is 3.71. The highest BCUT2D eigenvalue weighted by molar-refractivity contribution is 5.25. The molecule has 7 heteroatoms. The number of pyridine rings is 1. The summed E-state index contributed by atoms with van der Waals surface area (Å²) in [5, 5.41) is 14.0. The number of aliphatic hydroxyl groups excluding tert-OH is 1. The zero-order valence-electron chi connectivity index (χ0n) is 14.2. The first-order chi connectivity index (χ1) is 12.2. The molecule has 0 aromatic carbocycles. The van der Waals surface area contributed by atoms with Gasteiger partial charge < -0.3 is 5.11 Å². The Bertz CT molecular complexity index is 810. The van der Waals surface area contributed by atoms with E-state index in [4.69, 9.17) is 0 Å². The number of hydrogen-bond donors (Lipinski definition) is 1. The van der Waals surface area contributed by atoms with Crippen LogP contribution in [0.5, 0.6) is 0 Å². The van der Waals surface area contributed by atoms with Crippen LogP contribution in [0.1, 0.15) is 17.0 Å². The van der Waals surface area contributed by atoms with E-state index in [1.54, 1.807) is 12.5 Å². The summed E-state index contributed by atoms with van der Waals surface area (Å²) in [6.07, 6.45) is 11.3. The molecule has 3 aromatic rings. The van der Waals surface area contributed by atoms with Crippen LogP contribution in [-0.4, -0.2) is 54.0 Å². The molecule has 0 saturated carbocycles. The summed E-state index contributed by atoms with van der Waals surface area (Å²) in [7, 11) is 1.93. The summed E-state index contributed by atoms with van der Waals surface area (Å²) in [5.41, 5.74) is 2.38. The Morgan fingerprint density at radius 3 is 2.80 bits per heavy atom. The van der Waals surface area contributed by atoms with Gasteiger partial charge in [0.05, 0.1) is 6.20 Å². The first-order valence-electron chi connectivity index (χ1n) is 8.48. The highest BCUT2D eigenvalue weighted by Gasteiger charge is 2.33. The smallest absolute Gasteiger partial charge is 0.137 e. The molecule has 2 atom stereocenters. The highest BCUT2D eigenvalue weighted by Crippen LogP contribution is 2.32. The SMILES string of the molecule is Cn1cc([C@@H]2CN(Cc3ccc(-n4ccnc4)nc3)C[C@H]2CO)cn1. The number of aromatic nitrogens is 5. The van der Waals surface area contributed by atoms with Crippen LogP contribution in [0.3, 0.4) is 0 Å². The van der Waals surface area contributed by atoms with Crippen molar-refractivity contribution in [3.8, 4) is 5.82 Å². The molecule has 0 bridgehead atoms. The number of likely N-dealkylation sites (tertiary alicyclic amines) is 1. The second kappa shape index (κ2) is 6.78. The van der Waals surface area contributed by atoms with Gasteiger partial charge in [-0.2, -0.15) is 5.10 Å². The Labute approximate surface area is 146 Å². The molecule has 1 N–H and O–H groups in total. The molecule has 1 aliphatic heterocycles. The van der Waals surface area contributed by atoms with Crippen LogP contribution in [0.25, 0.3) is 5.82 Å². The van der Waals surface area contributed by atoms with Crippen molar-refractivity contribution < 1.29 is 5.11 Å². The zero-order valence-corrected chi connectivity index (χ0v) is 14.2. The molecular weight excluding hydrogens is 316 g/mol. The van der Waals surface area contributed by atoms with Crippen molar-refractivity contribution >= 4 is 0 Å². The first kappa shape index (κ1) is 16.0. The molecule has 3 aromatic heterocycles. The van der Waals surface area contributed by atoms with Crippen molar-refractivity contribution in [3.63, 3.8) is 0 Å². The maximum Gasteiger partial charge on any atom is 0.137 e. The molecule has 25 heavy (non-hydrogen) atoms. The van der Waals surface area contributed by atoms with E-state index in [0.29, 0.717) is 5.92 Å². The molecule has 0 unspecified atom stereocenters. The van der Waals surface area contributed by atoms with Crippen LogP contribution in [-0.2, 0) is 13.6 Å². The molecule has 0 radical (unpaired) electrons. The third-order valence-corrected chi connectivity index (χ3v) is 4.89. The van der Waals surface area contributed by atoms with E-state index in [2.05, 4.69) is 32.2 Å². The number of hydrogen-bond acceptors (Lipinski definition) is 5. The minimum Gasteiger partial charge on any atom is -0.396 e. The molecule has 4 heterocycles. The number of aliphatic hydroxyl groups is 1. The quantitative estimate of drug-likeness (QED) is 0.757. The van der Waals surface area contributed by atoms with Gasteiger partial charge in [0.15, 0.2) is 0 Å². The lowest BCUT2D eigenvalue weighted by Crippen LogP contribution is -2.21. The van der Waals surface area contributed by atoms with Crippen molar-refractivity contribution in [1.82, 2.24) is 29.2 Å². The monoisotopic (exact) mass is 338 g/mol. The van der Waals surface area contributed by atoms with Gasteiger partial charge in [-0.25, -0.2) is 9.97 Å². The standard InChI is InChI=1S/C18H22N6O/c1-22-9-15(7-21-22)17-11-23(10-16(17)12-25)8-14-2-3-18(20-6-14)24-5-4-19-13-24/h2-7,9,13,16-17,25H,8,10-12H2,1H3/t16-,17-/m0/s1. The summed E-state index contributed by atoms with van der Waals surface area (Å²) >= 11 is 0. The maximum absolute atomic E-state index is 9.76. The summed E-state index contributed by atoms with van der Waals surface area (Å²) in [4.78, 5) is 10.9. The van der Waals surface area contributed by atoms with Crippen molar-refractivity contribution in [1.29, 1.82) is 0 Å². The third kappa shape index (κ3) is 3.33. The number of nitrogens with zero attached hydrogens (tertiary/aromatic N) is 6. The van der Waals surface area contributed by atoms with Crippen LogP contribution in [0, 0.1) is 5.92 Å². The number of rotatable bonds is 5. The van der Waals surface area contributed by atoms with Gasteiger partial charge in [0.25, 0.3) is 0 Å². The van der Waals surface area contributed by atoms with E-state index in [1.807, 2.05) is 41.0 Å². The lowest BCUT2D eigenvalue weighted by molar-refractivity contribution is 0.214. The second-order valence-electron chi connectivity index (χ2n) is 6.69. The molecule has 4 rings (SSSR count). The second-order valence-corrected chi connectivity index (χ2v) is 6.69. The van der Waals surface area contributed by atoms with E-state index in [-0.39, 0.29) is 12.5 Å². The normalized spacial score (nSPS) is 21.0. The van der Waals surface area contributed by atoms with Crippen LogP contribution in [0.15, 0.2) is 49.4 Å². The zero-order chi connectivity index (χ0) is 17.2. The van der Waals surface area contributed by atoms with Crippen molar-refractivity contribution in [2.45, 2.75) is 12.5 Å². The lowest BCUT2D eigenvalue weighted by Gasteiger charge is -2.15. The van der Waals surface area contributed by atoms with E-state index in [9.17, 15) is 5.11 Å². The van der Waals surface area contributed by atoms with Gasteiger partial charge in [-0.3, -0.25) is 14.1 Å². The van der Waals surface area contributed by atoms with E-state index >= 15 is 0 Å². The molecular formula is C18H22N6O. The molecule has 130 valence electrons. The number of aryl methyl sites for hydroxylation is 1. The fraction of sp³-hybridized carbons (Fsp3) is 0.389. The van der Waals surface area contributed by atoms with Gasteiger partial charge in [0.1, 0.15) is 12.1 Å². The van der Waals surface area contributed by atoms with Crippen LogP contribution < -0.4 is 0 Å². The molecule has 0 spiro atoms. The lowest BCUT2D eigenvalue weighted by atomic mass is 9.92. The Kier molecular flexibility index (Phi) is 4.33. The van der Waals surface area contributed by atoms with E-state index in [1.165, 1.54) is 11.1 Å². The fourth-order valence-corrected chi connectivity index (χ4v) is 3.60. The predicted octanol–water partition coefficient (Wildman–Crippen LogP) is 1.21. The molecule has 7 nitrogen and oxygen atoms in total. The van der Waals surface area contributed by atoms with Crippen molar-refractivity contribution in [2.75, 3.05) is 19.7 Å². The average Bonchev–Trinajstić information content (AvgIpc) is 3.35. The Hall–Kier alpha value is -2.51. The maximum atomic E-state index is 9.76. The van der Waals surface area contributed by atoms with Gasteiger partial charge in [-0.1, -0.05) is 6.07 Å². The fourth-order valence-electron chi connectivity index (χ4n) is 3.60. The Morgan fingerprint density at radius 2 is 2.16 bits per heavy atom.